The van der Waals surface area contributed by atoms with Crippen LogP contribution in [-0.2, 0) is 4.79 Å². The molecule has 2 aromatic rings. The molecule has 0 saturated heterocycles. The first kappa shape index (κ1) is 17.0. The highest BCUT2D eigenvalue weighted by molar-refractivity contribution is 7.99. The number of hydrogen-bond donors (Lipinski definition) is 0. The molecule has 9 heteroatoms. The van der Waals surface area contributed by atoms with Crippen molar-refractivity contribution in [2.45, 2.75) is 24.0 Å². The Morgan fingerprint density at radius 2 is 2.33 bits per heavy atom. The van der Waals surface area contributed by atoms with Gasteiger partial charge in [-0.2, -0.15) is 0 Å². The van der Waals surface area contributed by atoms with Crippen LogP contribution in [-0.4, -0.2) is 57.0 Å². The van der Waals surface area contributed by atoms with Crippen molar-refractivity contribution >= 4 is 29.3 Å². The number of ether oxygens (including phenoxy) is 1. The van der Waals surface area contributed by atoms with Crippen LogP contribution >= 0.6 is 23.4 Å². The molecule has 1 fully saturated rings. The normalized spacial score (nSPS) is 13.8. The molecule has 24 heavy (non-hydrogen) atoms. The minimum atomic E-state index is 0.0139. The van der Waals surface area contributed by atoms with Gasteiger partial charge in [-0.15, -0.1) is 5.10 Å². The van der Waals surface area contributed by atoms with E-state index in [1.807, 2.05) is 12.1 Å². The van der Waals surface area contributed by atoms with Gasteiger partial charge >= 0.3 is 0 Å². The predicted octanol–water partition coefficient (Wildman–Crippen LogP) is 2.29. The van der Waals surface area contributed by atoms with Crippen molar-refractivity contribution in [3.8, 4) is 5.75 Å². The van der Waals surface area contributed by atoms with E-state index in [0.29, 0.717) is 40.9 Å². The lowest BCUT2D eigenvalue weighted by molar-refractivity contribution is -0.127. The number of likely N-dealkylation sites (N-methyl/N-ethyl adjacent to an activating group) is 1. The van der Waals surface area contributed by atoms with Crippen LogP contribution in [0.1, 0.15) is 18.9 Å². The third-order valence-electron chi connectivity index (χ3n) is 3.60. The molecule has 0 unspecified atom stereocenters. The van der Waals surface area contributed by atoms with Gasteiger partial charge in [-0.1, -0.05) is 29.4 Å². The second kappa shape index (κ2) is 7.85. The van der Waals surface area contributed by atoms with E-state index in [1.165, 1.54) is 11.8 Å². The van der Waals surface area contributed by atoms with E-state index in [9.17, 15) is 4.79 Å². The third kappa shape index (κ3) is 4.61. The van der Waals surface area contributed by atoms with Gasteiger partial charge < -0.3 is 9.64 Å². The number of hydrogen-bond acceptors (Lipinski definition) is 6. The molecule has 0 bridgehead atoms. The third-order valence-corrected chi connectivity index (χ3v) is 4.75. The summed E-state index contributed by atoms with van der Waals surface area (Å²) in [5, 5.41) is 13.0. The molecule has 1 amide bonds. The lowest BCUT2D eigenvalue weighted by Gasteiger charge is -2.17. The molecule has 0 aliphatic heterocycles. The minimum Gasteiger partial charge on any atom is -0.492 e. The first-order valence-electron chi connectivity index (χ1n) is 7.66. The van der Waals surface area contributed by atoms with Gasteiger partial charge in [-0.3, -0.25) is 4.79 Å². The summed E-state index contributed by atoms with van der Waals surface area (Å²) in [7, 11) is 1.76. The summed E-state index contributed by atoms with van der Waals surface area (Å²) in [5.74, 6) is 1.02. The maximum absolute atomic E-state index is 12.2. The van der Waals surface area contributed by atoms with Crippen LogP contribution in [0.5, 0.6) is 5.75 Å². The van der Waals surface area contributed by atoms with Crippen molar-refractivity contribution in [2.75, 3.05) is 26.0 Å². The number of carbonyl (C=O) groups excluding carboxylic acids is 1. The Labute approximate surface area is 149 Å². The van der Waals surface area contributed by atoms with Gasteiger partial charge in [-0.05, 0) is 41.5 Å². The summed E-state index contributed by atoms with van der Waals surface area (Å²) in [6.07, 6.45) is 2.21. The first-order valence-corrected chi connectivity index (χ1v) is 9.03. The molecular formula is C15H18ClN5O2S. The molecule has 7 nitrogen and oxygen atoms in total. The van der Waals surface area contributed by atoms with Crippen molar-refractivity contribution in [2.24, 2.45) is 0 Å². The molecule has 1 aliphatic rings. The number of tetrazole rings is 1. The van der Waals surface area contributed by atoms with E-state index in [-0.39, 0.29) is 5.91 Å². The van der Waals surface area contributed by atoms with E-state index in [1.54, 1.807) is 28.8 Å². The summed E-state index contributed by atoms with van der Waals surface area (Å²) >= 11 is 7.27. The summed E-state index contributed by atoms with van der Waals surface area (Å²) in [6.45, 7) is 0.909. The van der Waals surface area contributed by atoms with Gasteiger partial charge in [0.05, 0.1) is 18.3 Å². The van der Waals surface area contributed by atoms with Crippen LogP contribution in [0.25, 0.3) is 0 Å². The summed E-state index contributed by atoms with van der Waals surface area (Å²) in [4.78, 5) is 13.8. The number of halogens is 1. The minimum absolute atomic E-state index is 0.0139. The fourth-order valence-electron chi connectivity index (χ4n) is 2.05. The molecule has 0 N–H and O–H groups in total. The van der Waals surface area contributed by atoms with Crippen molar-refractivity contribution in [1.29, 1.82) is 0 Å². The van der Waals surface area contributed by atoms with Crippen LogP contribution in [0.2, 0.25) is 5.02 Å². The number of aromatic nitrogens is 4. The van der Waals surface area contributed by atoms with Gasteiger partial charge in [0.2, 0.25) is 11.1 Å². The summed E-state index contributed by atoms with van der Waals surface area (Å²) < 4.78 is 7.40. The van der Waals surface area contributed by atoms with E-state index in [2.05, 4.69) is 15.5 Å². The maximum Gasteiger partial charge on any atom is 0.232 e. The van der Waals surface area contributed by atoms with Crippen molar-refractivity contribution in [3.05, 3.63) is 29.3 Å². The first-order chi connectivity index (χ1) is 11.6. The Kier molecular flexibility index (Phi) is 5.57. The fourth-order valence-corrected chi connectivity index (χ4v) is 3.11. The molecular weight excluding hydrogens is 350 g/mol. The molecule has 3 rings (SSSR count). The zero-order chi connectivity index (χ0) is 16.9. The van der Waals surface area contributed by atoms with Crippen LogP contribution < -0.4 is 4.74 Å². The largest absolute Gasteiger partial charge is 0.492 e. The standard InChI is InChI=1S/C15H18ClN5O2S/c1-20(7-8-23-13-4-2-3-11(16)9-13)14(22)10-24-15-17-18-19-21(15)12-5-6-12/h2-4,9,12H,5-8,10H2,1H3. The molecule has 0 spiro atoms. The highest BCUT2D eigenvalue weighted by Gasteiger charge is 2.28. The quantitative estimate of drug-likeness (QED) is 0.666. The topological polar surface area (TPSA) is 73.1 Å². The molecule has 1 heterocycles. The molecule has 1 aliphatic carbocycles. The number of amides is 1. The predicted molar refractivity (Wildman–Crippen MR) is 91.4 cm³/mol. The zero-order valence-electron chi connectivity index (χ0n) is 13.3. The fraction of sp³-hybridized carbons (Fsp3) is 0.467. The molecule has 1 aromatic heterocycles. The molecule has 128 valence electrons. The average molecular weight is 368 g/mol. The monoisotopic (exact) mass is 367 g/mol. The summed E-state index contributed by atoms with van der Waals surface area (Å²) in [6, 6.07) is 7.60. The van der Waals surface area contributed by atoms with E-state index < -0.39 is 0 Å². The lowest BCUT2D eigenvalue weighted by Crippen LogP contribution is -2.32. The van der Waals surface area contributed by atoms with Gasteiger partial charge in [0, 0.05) is 12.1 Å². The SMILES string of the molecule is CN(CCOc1cccc(Cl)c1)C(=O)CSc1nnnn1C1CC1. The van der Waals surface area contributed by atoms with E-state index in [4.69, 9.17) is 16.3 Å². The number of rotatable bonds is 8. The Bertz CT molecular complexity index is 707. The zero-order valence-corrected chi connectivity index (χ0v) is 14.8. The lowest BCUT2D eigenvalue weighted by atomic mass is 10.3. The van der Waals surface area contributed by atoms with Crippen molar-refractivity contribution < 1.29 is 9.53 Å². The van der Waals surface area contributed by atoms with Crippen molar-refractivity contribution in [1.82, 2.24) is 25.1 Å². The number of nitrogens with zero attached hydrogens (tertiary/aromatic N) is 5. The molecule has 0 radical (unpaired) electrons. The molecule has 0 atom stereocenters. The average Bonchev–Trinajstić information content (AvgIpc) is 3.31. The molecule has 1 aromatic carbocycles. The van der Waals surface area contributed by atoms with Gasteiger partial charge in [0.25, 0.3) is 0 Å². The van der Waals surface area contributed by atoms with E-state index in [0.717, 1.165) is 12.8 Å². The van der Waals surface area contributed by atoms with Crippen LogP contribution in [0, 0.1) is 0 Å². The number of thioether (sulfide) groups is 1. The van der Waals surface area contributed by atoms with E-state index >= 15 is 0 Å². The van der Waals surface area contributed by atoms with Crippen LogP contribution in [0.3, 0.4) is 0 Å². The van der Waals surface area contributed by atoms with Crippen molar-refractivity contribution in [3.63, 3.8) is 0 Å². The highest BCUT2D eigenvalue weighted by Crippen LogP contribution is 2.36. The van der Waals surface area contributed by atoms with Gasteiger partial charge in [-0.25, -0.2) is 4.68 Å². The smallest absolute Gasteiger partial charge is 0.232 e. The molecule has 1 saturated carbocycles. The number of benzene rings is 1. The second-order valence-electron chi connectivity index (χ2n) is 5.55. The Balaban J connectivity index is 1.40. The van der Waals surface area contributed by atoms with Crippen LogP contribution in [0.4, 0.5) is 0 Å². The van der Waals surface area contributed by atoms with Gasteiger partial charge in [0.15, 0.2) is 0 Å². The maximum atomic E-state index is 12.2. The Morgan fingerprint density at radius 3 is 3.08 bits per heavy atom. The highest BCUT2D eigenvalue weighted by atomic mass is 35.5. The van der Waals surface area contributed by atoms with Crippen LogP contribution in [0.15, 0.2) is 29.4 Å². The van der Waals surface area contributed by atoms with Gasteiger partial charge in [0.1, 0.15) is 12.4 Å². The number of carbonyl (C=O) groups is 1. The second-order valence-corrected chi connectivity index (χ2v) is 6.93. The Hall–Kier alpha value is -1.80. The summed E-state index contributed by atoms with van der Waals surface area (Å²) in [5.41, 5.74) is 0. The Morgan fingerprint density at radius 1 is 1.50 bits per heavy atom.